The number of halogens is 2. The molecule has 0 radical (unpaired) electrons. The molecule has 1 heterocycles. The van der Waals surface area contributed by atoms with E-state index >= 15 is 0 Å². The van der Waals surface area contributed by atoms with E-state index in [2.05, 4.69) is 48.2 Å². The first-order valence-corrected chi connectivity index (χ1v) is 10.9. The van der Waals surface area contributed by atoms with Crippen LogP contribution in [0, 0.1) is 6.92 Å². The van der Waals surface area contributed by atoms with Crippen molar-refractivity contribution in [1.29, 1.82) is 0 Å². The molecule has 0 spiro atoms. The third kappa shape index (κ3) is 4.55. The molecule has 0 saturated heterocycles. The van der Waals surface area contributed by atoms with Crippen LogP contribution in [-0.2, 0) is 6.61 Å². The quantitative estimate of drug-likeness (QED) is 0.308. The van der Waals surface area contributed by atoms with Crippen LogP contribution < -0.4 is 10.1 Å². The summed E-state index contributed by atoms with van der Waals surface area (Å²) in [6.45, 7) is 2.36. The van der Waals surface area contributed by atoms with Crippen LogP contribution in [-0.4, -0.2) is 10.9 Å². The van der Waals surface area contributed by atoms with Crippen LogP contribution in [0.25, 0.3) is 10.8 Å². The number of benzene rings is 3. The maximum absolute atomic E-state index is 12.7. The van der Waals surface area contributed by atoms with Gasteiger partial charge in [0.05, 0.1) is 0 Å². The number of carbonyl (C=O) groups is 1. The van der Waals surface area contributed by atoms with Crippen molar-refractivity contribution in [2.45, 2.75) is 13.5 Å². The second kappa shape index (κ2) is 8.98. The van der Waals surface area contributed by atoms with Crippen LogP contribution in [0.15, 0.2) is 82.0 Å². The molecule has 4 rings (SSSR count). The van der Waals surface area contributed by atoms with Crippen molar-refractivity contribution in [3.8, 4) is 5.75 Å². The average molecular weight is 526 g/mol. The van der Waals surface area contributed by atoms with E-state index in [1.54, 1.807) is 12.1 Å². The fourth-order valence-corrected chi connectivity index (χ4v) is 4.29. The first-order chi connectivity index (χ1) is 14.5. The lowest BCUT2D eigenvalue weighted by atomic mass is 10.1. The molecule has 150 valence electrons. The molecule has 1 aromatic heterocycles. The van der Waals surface area contributed by atoms with Crippen molar-refractivity contribution < 1.29 is 9.53 Å². The zero-order chi connectivity index (χ0) is 21.1. The van der Waals surface area contributed by atoms with Gasteiger partial charge in [0.2, 0.25) is 0 Å². The molecule has 0 saturated carbocycles. The highest BCUT2D eigenvalue weighted by atomic mass is 79.9. The molecule has 3 aromatic carbocycles. The van der Waals surface area contributed by atoms with E-state index < -0.39 is 0 Å². The number of hydrogen-bond donors (Lipinski definition) is 1. The molecule has 6 heteroatoms. The van der Waals surface area contributed by atoms with E-state index in [1.165, 1.54) is 0 Å². The average Bonchev–Trinajstić information content (AvgIpc) is 2.76. The minimum Gasteiger partial charge on any atom is -0.489 e. The molecule has 30 heavy (non-hydrogen) atoms. The van der Waals surface area contributed by atoms with Gasteiger partial charge in [-0.05, 0) is 48.2 Å². The zero-order valence-electron chi connectivity index (χ0n) is 16.2. The number of amides is 1. The second-order valence-corrected chi connectivity index (χ2v) is 8.56. The Hall–Kier alpha value is -2.70. The molecule has 0 aliphatic rings. The summed E-state index contributed by atoms with van der Waals surface area (Å²) in [7, 11) is 0. The summed E-state index contributed by atoms with van der Waals surface area (Å²) in [4.78, 5) is 17.0. The van der Waals surface area contributed by atoms with Crippen molar-refractivity contribution in [1.82, 2.24) is 4.98 Å². The Labute approximate surface area is 191 Å². The van der Waals surface area contributed by atoms with Crippen LogP contribution >= 0.6 is 31.9 Å². The molecule has 4 nitrogen and oxygen atoms in total. The predicted octanol–water partition coefficient (Wildman–Crippen LogP) is 6.90. The number of carbonyl (C=O) groups excluding carboxylic acids is 1. The van der Waals surface area contributed by atoms with Gasteiger partial charge in [0, 0.05) is 43.5 Å². The summed E-state index contributed by atoms with van der Waals surface area (Å²) in [6.07, 6.45) is 3.65. The summed E-state index contributed by atoms with van der Waals surface area (Å²) >= 11 is 7.02. The lowest BCUT2D eigenvalue weighted by Gasteiger charge is -2.11. The van der Waals surface area contributed by atoms with Crippen molar-refractivity contribution in [3.05, 3.63) is 98.7 Å². The molecule has 1 N–H and O–H groups in total. The van der Waals surface area contributed by atoms with Gasteiger partial charge in [-0.3, -0.25) is 9.78 Å². The van der Waals surface area contributed by atoms with E-state index in [0.717, 1.165) is 30.8 Å². The van der Waals surface area contributed by atoms with Gasteiger partial charge in [0.25, 0.3) is 5.91 Å². The Morgan fingerprint density at radius 2 is 1.77 bits per heavy atom. The number of pyridine rings is 1. The maximum atomic E-state index is 12.7. The summed E-state index contributed by atoms with van der Waals surface area (Å²) in [6, 6.07) is 19.0. The lowest BCUT2D eigenvalue weighted by Crippen LogP contribution is -2.12. The smallest absolute Gasteiger partial charge is 0.255 e. The van der Waals surface area contributed by atoms with Crippen molar-refractivity contribution in [2.75, 3.05) is 5.32 Å². The SMILES string of the molecule is Cc1c(Br)cc(NC(=O)c2cccc(OCc3cncc4ccccc34)c2)cc1Br. The minimum atomic E-state index is -0.199. The zero-order valence-corrected chi connectivity index (χ0v) is 19.3. The van der Waals surface area contributed by atoms with Gasteiger partial charge in [0.15, 0.2) is 0 Å². The topological polar surface area (TPSA) is 51.2 Å². The number of nitrogens with zero attached hydrogens (tertiary/aromatic N) is 1. The summed E-state index contributed by atoms with van der Waals surface area (Å²) < 4.78 is 7.81. The van der Waals surface area contributed by atoms with Crippen molar-refractivity contribution in [2.24, 2.45) is 0 Å². The fourth-order valence-electron chi connectivity index (χ4n) is 3.10. The molecule has 4 aromatic rings. The Morgan fingerprint density at radius 1 is 1.00 bits per heavy atom. The third-order valence-electron chi connectivity index (χ3n) is 4.78. The van der Waals surface area contributed by atoms with E-state index in [-0.39, 0.29) is 5.91 Å². The van der Waals surface area contributed by atoms with Crippen LogP contribution in [0.1, 0.15) is 21.5 Å². The molecule has 0 bridgehead atoms. The van der Waals surface area contributed by atoms with Gasteiger partial charge in [-0.15, -0.1) is 0 Å². The maximum Gasteiger partial charge on any atom is 0.255 e. The Morgan fingerprint density at radius 3 is 2.57 bits per heavy atom. The summed E-state index contributed by atoms with van der Waals surface area (Å²) in [5, 5.41) is 5.11. The van der Waals surface area contributed by atoms with Crippen molar-refractivity contribution in [3.63, 3.8) is 0 Å². The largest absolute Gasteiger partial charge is 0.489 e. The number of ether oxygens (including phenoxy) is 1. The minimum absolute atomic E-state index is 0.199. The number of fused-ring (bicyclic) bond motifs is 1. The van der Waals surface area contributed by atoms with Crippen molar-refractivity contribution >= 4 is 54.2 Å². The molecule has 0 aliphatic heterocycles. The summed E-state index contributed by atoms with van der Waals surface area (Å²) in [5.74, 6) is 0.428. The van der Waals surface area contributed by atoms with Gasteiger partial charge in [-0.25, -0.2) is 0 Å². The normalized spacial score (nSPS) is 10.8. The highest BCUT2D eigenvalue weighted by Gasteiger charge is 2.10. The predicted molar refractivity (Wildman–Crippen MR) is 127 cm³/mol. The van der Waals surface area contributed by atoms with Gasteiger partial charge in [0.1, 0.15) is 12.4 Å². The summed E-state index contributed by atoms with van der Waals surface area (Å²) in [5.41, 5.74) is 3.30. The van der Waals surface area contributed by atoms with Crippen LogP contribution in [0.3, 0.4) is 0 Å². The highest BCUT2D eigenvalue weighted by Crippen LogP contribution is 2.29. The van der Waals surface area contributed by atoms with Gasteiger partial charge < -0.3 is 10.1 Å². The molecule has 1 amide bonds. The molecule has 0 aliphatic carbocycles. The van der Waals surface area contributed by atoms with E-state index in [0.29, 0.717) is 23.6 Å². The lowest BCUT2D eigenvalue weighted by molar-refractivity contribution is 0.102. The second-order valence-electron chi connectivity index (χ2n) is 6.86. The number of hydrogen-bond acceptors (Lipinski definition) is 3. The number of anilines is 1. The first-order valence-electron chi connectivity index (χ1n) is 9.33. The third-order valence-corrected chi connectivity index (χ3v) is 6.43. The monoisotopic (exact) mass is 524 g/mol. The van der Waals surface area contributed by atoms with E-state index in [1.807, 2.05) is 61.8 Å². The molecular formula is C24H18Br2N2O2. The standard InChI is InChI=1S/C24H18Br2N2O2/c1-15-22(25)10-19(11-23(15)26)28-24(29)16-6-4-7-20(9-16)30-14-18-13-27-12-17-5-2-3-8-21(17)18/h2-13H,14H2,1H3,(H,28,29). The number of rotatable bonds is 5. The van der Waals surface area contributed by atoms with E-state index in [9.17, 15) is 4.79 Å². The first kappa shape index (κ1) is 20.6. The van der Waals surface area contributed by atoms with Gasteiger partial charge in [-0.1, -0.05) is 62.2 Å². The van der Waals surface area contributed by atoms with Crippen LogP contribution in [0.2, 0.25) is 0 Å². The molecule has 0 unspecified atom stereocenters. The van der Waals surface area contributed by atoms with Crippen LogP contribution in [0.4, 0.5) is 5.69 Å². The Bertz CT molecular complexity index is 1210. The van der Waals surface area contributed by atoms with E-state index in [4.69, 9.17) is 4.74 Å². The fraction of sp³-hybridized carbons (Fsp3) is 0.0833. The molecular weight excluding hydrogens is 508 g/mol. The van der Waals surface area contributed by atoms with Crippen LogP contribution in [0.5, 0.6) is 5.75 Å². The van der Waals surface area contributed by atoms with Gasteiger partial charge in [-0.2, -0.15) is 0 Å². The molecule has 0 fully saturated rings. The van der Waals surface area contributed by atoms with Gasteiger partial charge >= 0.3 is 0 Å². The Balaban J connectivity index is 1.49. The number of nitrogens with one attached hydrogen (secondary N) is 1. The molecule has 0 atom stereocenters. The highest BCUT2D eigenvalue weighted by molar-refractivity contribution is 9.11. The Kier molecular flexibility index (Phi) is 6.16. The number of aromatic nitrogens is 1.